The topological polar surface area (TPSA) is 124 Å². The predicted molar refractivity (Wildman–Crippen MR) is 137 cm³/mol. The van der Waals surface area contributed by atoms with Crippen LogP contribution in [0.2, 0.25) is 5.02 Å². The predicted octanol–water partition coefficient (Wildman–Crippen LogP) is 2.06. The molecular formula is C26H28ClFN4O5. The van der Waals surface area contributed by atoms with Crippen LogP contribution in [0.3, 0.4) is 0 Å². The molecule has 1 fully saturated rings. The highest BCUT2D eigenvalue weighted by Gasteiger charge is 2.25. The summed E-state index contributed by atoms with van der Waals surface area (Å²) in [6.45, 7) is 2.65. The second-order valence-electron chi connectivity index (χ2n) is 8.71. The number of benzene rings is 2. The number of halogens is 2. The number of alkyl halides is 1. The van der Waals surface area contributed by atoms with Gasteiger partial charge in [0.15, 0.2) is 0 Å². The number of morpholine rings is 1. The Hall–Kier alpha value is -3.31. The van der Waals surface area contributed by atoms with E-state index in [0.29, 0.717) is 43.4 Å². The lowest BCUT2D eigenvalue weighted by Crippen LogP contribution is -2.35. The minimum absolute atomic E-state index is 0.0126. The molecule has 0 saturated carbocycles. The van der Waals surface area contributed by atoms with Gasteiger partial charge < -0.3 is 25.5 Å². The number of nitrogens with one attached hydrogen (secondary N) is 3. The Bertz CT molecular complexity index is 1330. The Kier molecular flexibility index (Phi) is 8.88. The summed E-state index contributed by atoms with van der Waals surface area (Å²) in [5.74, 6) is -1.51. The number of aliphatic hydroxyl groups is 1. The highest BCUT2D eigenvalue weighted by molar-refractivity contribution is 6.30. The second kappa shape index (κ2) is 12.3. The first-order valence-electron chi connectivity index (χ1n) is 11.9. The van der Waals surface area contributed by atoms with Crippen molar-refractivity contribution in [3.05, 3.63) is 80.1 Å². The van der Waals surface area contributed by atoms with Crippen molar-refractivity contribution in [2.75, 3.05) is 39.5 Å². The lowest BCUT2D eigenvalue weighted by molar-refractivity contribution is -0.126. The van der Waals surface area contributed by atoms with Gasteiger partial charge in [0.05, 0.1) is 25.3 Å². The summed E-state index contributed by atoms with van der Waals surface area (Å²) < 4.78 is 20.7. The summed E-state index contributed by atoms with van der Waals surface area (Å²) in [5.41, 5.74) is 0.856. The fourth-order valence-corrected chi connectivity index (χ4v) is 4.31. The number of H-pyrrole nitrogens is 1. The minimum Gasteiger partial charge on any atom is -0.395 e. The number of aliphatic hydroxyl groups excluding tert-OH is 1. The number of carbonyl (C=O) groups is 2. The molecule has 11 heteroatoms. The molecule has 2 heterocycles. The number of amides is 2. The van der Waals surface area contributed by atoms with Gasteiger partial charge in [-0.15, -0.1) is 0 Å². The van der Waals surface area contributed by atoms with Crippen molar-refractivity contribution in [1.82, 2.24) is 20.5 Å². The quantitative estimate of drug-likeness (QED) is 0.336. The van der Waals surface area contributed by atoms with Crippen molar-refractivity contribution in [3.8, 4) is 0 Å². The van der Waals surface area contributed by atoms with Crippen LogP contribution in [-0.4, -0.2) is 66.3 Å². The van der Waals surface area contributed by atoms with Gasteiger partial charge in [-0.2, -0.15) is 0 Å². The molecule has 0 aliphatic carbocycles. The van der Waals surface area contributed by atoms with E-state index in [9.17, 15) is 14.4 Å². The molecule has 37 heavy (non-hydrogen) atoms. The molecule has 4 rings (SSSR count). The first-order valence-corrected chi connectivity index (χ1v) is 12.3. The Morgan fingerprint density at radius 3 is 2.57 bits per heavy atom. The first kappa shape index (κ1) is 26.7. The smallest absolute Gasteiger partial charge is 0.259 e. The van der Waals surface area contributed by atoms with Crippen LogP contribution >= 0.6 is 11.6 Å². The van der Waals surface area contributed by atoms with Crippen molar-refractivity contribution in [3.63, 3.8) is 0 Å². The molecule has 0 radical (unpaired) electrons. The number of pyridine rings is 1. The third kappa shape index (κ3) is 6.53. The number of fused-ring (bicyclic) bond motifs is 1. The zero-order valence-electron chi connectivity index (χ0n) is 20.1. The number of hydrogen-bond acceptors (Lipinski definition) is 6. The van der Waals surface area contributed by atoms with E-state index in [1.54, 1.807) is 36.4 Å². The highest BCUT2D eigenvalue weighted by Crippen LogP contribution is 2.27. The van der Waals surface area contributed by atoms with E-state index in [2.05, 4.69) is 20.5 Å². The molecule has 9 nitrogen and oxygen atoms in total. The maximum atomic E-state index is 15.3. The Morgan fingerprint density at radius 2 is 1.86 bits per heavy atom. The summed E-state index contributed by atoms with van der Waals surface area (Å²) >= 11 is 5.90. The summed E-state index contributed by atoms with van der Waals surface area (Å²) in [5, 5.41) is 14.7. The summed E-state index contributed by atoms with van der Waals surface area (Å²) in [4.78, 5) is 43.6. The third-order valence-electron chi connectivity index (χ3n) is 6.11. The molecule has 2 amide bonds. The zero-order valence-corrected chi connectivity index (χ0v) is 20.8. The molecule has 3 aromatic rings. The molecule has 0 spiro atoms. The Labute approximate surface area is 217 Å². The molecule has 1 aromatic heterocycles. The molecule has 1 unspecified atom stereocenters. The molecule has 0 bridgehead atoms. The molecule has 1 aliphatic rings. The van der Waals surface area contributed by atoms with Gasteiger partial charge in [-0.25, -0.2) is 4.39 Å². The number of nitrogens with zero attached hydrogens (tertiary/aromatic N) is 1. The van der Waals surface area contributed by atoms with Crippen LogP contribution in [0.25, 0.3) is 10.9 Å². The fraction of sp³-hybridized carbons (Fsp3) is 0.346. The SMILES string of the molecule is O=C(NCc1ccc(Cl)cc1)c1c[nH]c2c(C(F)C(=O)NCCO)cc(CN3CCOCC3)cc2c1=O. The van der Waals surface area contributed by atoms with E-state index in [1.165, 1.54) is 6.20 Å². The van der Waals surface area contributed by atoms with Crippen LogP contribution in [0.1, 0.15) is 33.2 Å². The number of hydrogen-bond donors (Lipinski definition) is 4. The van der Waals surface area contributed by atoms with Gasteiger partial charge in [0.2, 0.25) is 11.6 Å². The highest BCUT2D eigenvalue weighted by atomic mass is 35.5. The molecule has 196 valence electrons. The fourth-order valence-electron chi connectivity index (χ4n) is 4.19. The van der Waals surface area contributed by atoms with Gasteiger partial charge >= 0.3 is 0 Å². The normalized spacial score (nSPS) is 14.9. The van der Waals surface area contributed by atoms with E-state index in [-0.39, 0.29) is 41.7 Å². The summed E-state index contributed by atoms with van der Waals surface area (Å²) in [6, 6.07) is 10.1. The van der Waals surface area contributed by atoms with Gasteiger partial charge in [0.1, 0.15) is 5.56 Å². The standard InChI is InChI=1S/C26H28ClFN4O5/c27-18-3-1-16(2-4-18)13-31-25(35)21-14-30-23-19(22(28)26(36)29-5-8-33)11-17(12-20(23)24(21)34)15-32-6-9-37-10-7-32/h1-4,11-12,14,22,33H,5-10,13,15H2,(H,29,36)(H,30,34)(H,31,35). The summed E-state index contributed by atoms with van der Waals surface area (Å²) in [7, 11) is 0. The van der Waals surface area contributed by atoms with E-state index in [1.807, 2.05) is 0 Å². The van der Waals surface area contributed by atoms with E-state index >= 15 is 4.39 Å². The molecule has 4 N–H and O–H groups in total. The largest absolute Gasteiger partial charge is 0.395 e. The van der Waals surface area contributed by atoms with Crippen LogP contribution in [-0.2, 0) is 22.6 Å². The average molecular weight is 531 g/mol. The Balaban J connectivity index is 1.68. The average Bonchev–Trinajstić information content (AvgIpc) is 2.91. The van der Waals surface area contributed by atoms with Crippen LogP contribution in [0, 0.1) is 0 Å². The van der Waals surface area contributed by atoms with Crippen LogP contribution in [0.5, 0.6) is 0 Å². The molecule has 2 aromatic carbocycles. The number of carbonyl (C=O) groups excluding carboxylic acids is 2. The maximum Gasteiger partial charge on any atom is 0.259 e. The minimum atomic E-state index is -2.08. The zero-order chi connectivity index (χ0) is 26.4. The van der Waals surface area contributed by atoms with Crippen molar-refractivity contribution in [2.45, 2.75) is 19.3 Å². The van der Waals surface area contributed by atoms with Crippen LogP contribution in [0.15, 0.2) is 47.4 Å². The molecule has 1 atom stereocenters. The summed E-state index contributed by atoms with van der Waals surface area (Å²) in [6.07, 6.45) is -0.857. The molecular weight excluding hydrogens is 503 g/mol. The lowest BCUT2D eigenvalue weighted by Gasteiger charge is -2.27. The monoisotopic (exact) mass is 530 g/mol. The first-order chi connectivity index (χ1) is 17.9. The second-order valence-corrected chi connectivity index (χ2v) is 9.15. The van der Waals surface area contributed by atoms with Crippen molar-refractivity contribution >= 4 is 34.3 Å². The molecule has 1 aliphatic heterocycles. The number of rotatable bonds is 9. The van der Waals surface area contributed by atoms with Gasteiger partial charge in [-0.3, -0.25) is 19.3 Å². The van der Waals surface area contributed by atoms with Gasteiger partial charge in [0.25, 0.3) is 11.8 Å². The van der Waals surface area contributed by atoms with Crippen molar-refractivity contribution < 1.29 is 23.8 Å². The number of ether oxygens (including phenoxy) is 1. The Morgan fingerprint density at radius 1 is 1.14 bits per heavy atom. The van der Waals surface area contributed by atoms with Crippen molar-refractivity contribution in [2.24, 2.45) is 0 Å². The van der Waals surface area contributed by atoms with Gasteiger partial charge in [-0.05, 0) is 35.4 Å². The number of aromatic amines is 1. The van der Waals surface area contributed by atoms with E-state index in [4.69, 9.17) is 21.4 Å². The van der Waals surface area contributed by atoms with E-state index < -0.39 is 23.4 Å². The molecule has 1 saturated heterocycles. The van der Waals surface area contributed by atoms with Gasteiger partial charge in [0, 0.05) is 54.9 Å². The van der Waals surface area contributed by atoms with Crippen LogP contribution < -0.4 is 16.1 Å². The van der Waals surface area contributed by atoms with E-state index in [0.717, 1.165) is 5.56 Å². The lowest BCUT2D eigenvalue weighted by atomic mass is 9.99. The number of aromatic nitrogens is 1. The third-order valence-corrected chi connectivity index (χ3v) is 6.37. The maximum absolute atomic E-state index is 15.3. The van der Waals surface area contributed by atoms with Gasteiger partial charge in [-0.1, -0.05) is 23.7 Å². The van der Waals surface area contributed by atoms with Crippen molar-refractivity contribution in [1.29, 1.82) is 0 Å². The van der Waals surface area contributed by atoms with Crippen LogP contribution in [0.4, 0.5) is 4.39 Å².